The normalized spacial score (nSPS) is 11.7. The van der Waals surface area contributed by atoms with Gasteiger partial charge >= 0.3 is 0 Å². The van der Waals surface area contributed by atoms with E-state index in [0.29, 0.717) is 11.4 Å². The summed E-state index contributed by atoms with van der Waals surface area (Å²) in [6.45, 7) is 3.65. The monoisotopic (exact) mass is 397 g/mol. The largest absolute Gasteiger partial charge is 0.383 e. The number of rotatable bonds is 6. The van der Waals surface area contributed by atoms with Crippen LogP contribution in [0.1, 0.15) is 34.6 Å². The Kier molecular flexibility index (Phi) is 5.58. The van der Waals surface area contributed by atoms with Crippen LogP contribution in [0.15, 0.2) is 48.7 Å². The standard InChI is InChI=1S/C20H20FN5O3/c1-12(17-11-23-25(13(17)2)16-7-5-15(21)6-8-16)24-20(27)14-4-9-18(22-3)19(10-14)26(28)29/h4-12,22H,1-3H3,(H,24,27). The van der Waals surface area contributed by atoms with E-state index in [4.69, 9.17) is 0 Å². The van der Waals surface area contributed by atoms with Crippen molar-refractivity contribution >= 4 is 17.3 Å². The van der Waals surface area contributed by atoms with Gasteiger partial charge in [-0.05, 0) is 50.2 Å². The molecule has 9 heteroatoms. The van der Waals surface area contributed by atoms with Crippen molar-refractivity contribution in [2.45, 2.75) is 19.9 Å². The minimum Gasteiger partial charge on any atom is -0.383 e. The number of nitro benzene ring substituents is 1. The van der Waals surface area contributed by atoms with Crippen LogP contribution < -0.4 is 10.6 Å². The molecule has 0 spiro atoms. The first kappa shape index (κ1) is 20.0. The number of carbonyl (C=O) groups is 1. The second kappa shape index (κ2) is 8.09. The first-order valence-electron chi connectivity index (χ1n) is 8.89. The molecule has 0 bridgehead atoms. The van der Waals surface area contributed by atoms with E-state index in [0.717, 1.165) is 11.3 Å². The van der Waals surface area contributed by atoms with Gasteiger partial charge in [0.2, 0.25) is 0 Å². The van der Waals surface area contributed by atoms with Crippen LogP contribution in [0.5, 0.6) is 0 Å². The van der Waals surface area contributed by atoms with Gasteiger partial charge in [-0.3, -0.25) is 14.9 Å². The van der Waals surface area contributed by atoms with Gasteiger partial charge in [0, 0.05) is 29.9 Å². The zero-order valence-electron chi connectivity index (χ0n) is 16.1. The maximum atomic E-state index is 13.1. The fourth-order valence-corrected chi connectivity index (χ4v) is 3.08. The molecule has 29 heavy (non-hydrogen) atoms. The number of nitro groups is 1. The van der Waals surface area contributed by atoms with Gasteiger partial charge < -0.3 is 10.6 Å². The summed E-state index contributed by atoms with van der Waals surface area (Å²) in [7, 11) is 1.58. The van der Waals surface area contributed by atoms with Crippen LogP contribution in [0.25, 0.3) is 5.69 Å². The van der Waals surface area contributed by atoms with Gasteiger partial charge in [0.1, 0.15) is 11.5 Å². The molecule has 1 unspecified atom stereocenters. The second-order valence-corrected chi connectivity index (χ2v) is 6.51. The molecule has 1 aromatic heterocycles. The molecule has 2 N–H and O–H groups in total. The Hall–Kier alpha value is -3.75. The molecule has 0 radical (unpaired) electrons. The Morgan fingerprint density at radius 1 is 1.24 bits per heavy atom. The van der Waals surface area contributed by atoms with Crippen LogP contribution in [0.3, 0.4) is 0 Å². The molecule has 1 atom stereocenters. The van der Waals surface area contributed by atoms with E-state index in [1.54, 1.807) is 37.0 Å². The van der Waals surface area contributed by atoms with Crippen LogP contribution in [-0.2, 0) is 0 Å². The first-order chi connectivity index (χ1) is 13.8. The van der Waals surface area contributed by atoms with Gasteiger partial charge in [0.25, 0.3) is 11.6 Å². The fourth-order valence-electron chi connectivity index (χ4n) is 3.08. The molecule has 1 heterocycles. The molecule has 0 aliphatic heterocycles. The van der Waals surface area contributed by atoms with Crippen LogP contribution >= 0.6 is 0 Å². The Morgan fingerprint density at radius 2 is 1.93 bits per heavy atom. The summed E-state index contributed by atoms with van der Waals surface area (Å²) in [5.74, 6) is -0.769. The molecule has 3 rings (SSSR count). The third-order valence-electron chi connectivity index (χ3n) is 4.66. The minimum atomic E-state index is -0.539. The van der Waals surface area contributed by atoms with Crippen LogP contribution in [0, 0.1) is 22.9 Å². The van der Waals surface area contributed by atoms with Crippen molar-refractivity contribution in [3.63, 3.8) is 0 Å². The van der Waals surface area contributed by atoms with E-state index < -0.39 is 10.8 Å². The predicted molar refractivity (Wildman–Crippen MR) is 107 cm³/mol. The smallest absolute Gasteiger partial charge is 0.293 e. The number of hydrogen-bond acceptors (Lipinski definition) is 5. The summed E-state index contributed by atoms with van der Waals surface area (Å²) < 4.78 is 14.8. The third kappa shape index (κ3) is 4.08. The Morgan fingerprint density at radius 3 is 2.55 bits per heavy atom. The highest BCUT2D eigenvalue weighted by Crippen LogP contribution is 2.26. The molecular weight excluding hydrogens is 377 g/mol. The molecule has 2 aromatic carbocycles. The zero-order valence-corrected chi connectivity index (χ0v) is 16.1. The van der Waals surface area contributed by atoms with Crippen LogP contribution in [-0.4, -0.2) is 27.7 Å². The van der Waals surface area contributed by atoms with E-state index in [1.165, 1.54) is 30.3 Å². The summed E-state index contributed by atoms with van der Waals surface area (Å²) in [6.07, 6.45) is 1.64. The number of amides is 1. The predicted octanol–water partition coefficient (Wildman–Crippen LogP) is 3.76. The van der Waals surface area contributed by atoms with Gasteiger partial charge in [0.15, 0.2) is 0 Å². The Balaban J connectivity index is 1.81. The molecule has 0 saturated heterocycles. The van der Waals surface area contributed by atoms with Crippen molar-refractivity contribution in [1.29, 1.82) is 0 Å². The van der Waals surface area contributed by atoms with Gasteiger partial charge in [-0.2, -0.15) is 5.10 Å². The molecule has 1 amide bonds. The summed E-state index contributed by atoms with van der Waals surface area (Å²) in [5.41, 5.74) is 2.62. The molecular formula is C20H20FN5O3. The number of benzene rings is 2. The summed E-state index contributed by atoms with van der Waals surface area (Å²) in [6, 6.07) is 9.80. The van der Waals surface area contributed by atoms with E-state index in [2.05, 4.69) is 15.7 Å². The Labute approximate surface area is 166 Å². The molecule has 150 valence electrons. The SMILES string of the molecule is CNc1ccc(C(=O)NC(C)c2cnn(-c3ccc(F)cc3)c2C)cc1[N+](=O)[O-]. The summed E-state index contributed by atoms with van der Waals surface area (Å²) in [4.78, 5) is 23.3. The molecule has 0 saturated carbocycles. The van der Waals surface area contributed by atoms with Crippen molar-refractivity contribution in [3.05, 3.63) is 81.4 Å². The fraction of sp³-hybridized carbons (Fsp3) is 0.200. The number of carbonyl (C=O) groups excluding carboxylic acids is 1. The highest BCUT2D eigenvalue weighted by atomic mass is 19.1. The lowest BCUT2D eigenvalue weighted by atomic mass is 10.1. The highest BCUT2D eigenvalue weighted by molar-refractivity contribution is 5.96. The Bertz CT molecular complexity index is 1060. The zero-order chi connectivity index (χ0) is 21.1. The van der Waals surface area contributed by atoms with E-state index in [-0.39, 0.29) is 23.1 Å². The van der Waals surface area contributed by atoms with Crippen molar-refractivity contribution in [2.75, 3.05) is 12.4 Å². The maximum Gasteiger partial charge on any atom is 0.293 e. The van der Waals surface area contributed by atoms with Crippen molar-refractivity contribution in [1.82, 2.24) is 15.1 Å². The topological polar surface area (TPSA) is 102 Å². The van der Waals surface area contributed by atoms with Gasteiger partial charge in [-0.15, -0.1) is 0 Å². The number of anilines is 1. The number of nitrogens with zero attached hydrogens (tertiary/aromatic N) is 3. The lowest BCUT2D eigenvalue weighted by molar-refractivity contribution is -0.384. The first-order valence-corrected chi connectivity index (χ1v) is 8.89. The van der Waals surface area contributed by atoms with Gasteiger partial charge in [-0.1, -0.05) is 0 Å². The third-order valence-corrected chi connectivity index (χ3v) is 4.66. The second-order valence-electron chi connectivity index (χ2n) is 6.51. The van der Waals surface area contributed by atoms with Crippen molar-refractivity contribution in [2.24, 2.45) is 0 Å². The van der Waals surface area contributed by atoms with E-state index in [1.807, 2.05) is 6.92 Å². The molecule has 0 aliphatic rings. The van der Waals surface area contributed by atoms with Gasteiger partial charge in [0.05, 0.1) is 22.8 Å². The van der Waals surface area contributed by atoms with Crippen LogP contribution in [0.2, 0.25) is 0 Å². The summed E-state index contributed by atoms with van der Waals surface area (Å²) >= 11 is 0. The lowest BCUT2D eigenvalue weighted by Gasteiger charge is -2.14. The number of halogens is 1. The molecule has 0 fully saturated rings. The van der Waals surface area contributed by atoms with Crippen molar-refractivity contribution < 1.29 is 14.1 Å². The summed E-state index contributed by atoms with van der Waals surface area (Å²) in [5, 5.41) is 21.1. The van der Waals surface area contributed by atoms with Crippen molar-refractivity contribution in [3.8, 4) is 5.69 Å². The number of nitrogens with one attached hydrogen (secondary N) is 2. The maximum absolute atomic E-state index is 13.1. The number of aromatic nitrogens is 2. The quantitative estimate of drug-likeness (QED) is 0.487. The lowest BCUT2D eigenvalue weighted by Crippen LogP contribution is -2.27. The minimum absolute atomic E-state index is 0.173. The highest BCUT2D eigenvalue weighted by Gasteiger charge is 2.20. The van der Waals surface area contributed by atoms with E-state index >= 15 is 0 Å². The molecule has 3 aromatic rings. The number of hydrogen-bond donors (Lipinski definition) is 2. The molecule has 8 nitrogen and oxygen atoms in total. The average Bonchev–Trinajstić information content (AvgIpc) is 3.09. The van der Waals surface area contributed by atoms with Crippen LogP contribution in [0.4, 0.5) is 15.8 Å². The average molecular weight is 397 g/mol. The molecule has 0 aliphatic carbocycles. The van der Waals surface area contributed by atoms with E-state index in [9.17, 15) is 19.3 Å². The van der Waals surface area contributed by atoms with Gasteiger partial charge in [-0.25, -0.2) is 9.07 Å².